The fourth-order valence-corrected chi connectivity index (χ4v) is 2.67. The van der Waals surface area contributed by atoms with Crippen LogP contribution in [0.25, 0.3) is 0 Å². The van der Waals surface area contributed by atoms with Crippen molar-refractivity contribution in [2.75, 3.05) is 32.8 Å². The molecule has 2 rings (SSSR count). The van der Waals surface area contributed by atoms with E-state index in [1.807, 2.05) is 11.0 Å². The van der Waals surface area contributed by atoms with E-state index in [0.29, 0.717) is 38.3 Å². The summed E-state index contributed by atoms with van der Waals surface area (Å²) >= 11 is 0. The number of carboxylic acid groups (broad SMARTS) is 1. The Morgan fingerprint density at radius 1 is 1.04 bits per heavy atom. The molecule has 0 atom stereocenters. The lowest BCUT2D eigenvalue weighted by atomic mass is 10.2. The molecule has 0 aliphatic heterocycles. The average Bonchev–Trinajstić information content (AvgIpc) is 2.65. The molecule has 0 aliphatic rings. The van der Waals surface area contributed by atoms with Gasteiger partial charge in [-0.3, -0.25) is 9.69 Å². The summed E-state index contributed by atoms with van der Waals surface area (Å²) < 4.78 is 7.18. The van der Waals surface area contributed by atoms with Crippen LogP contribution in [0.1, 0.15) is 16.8 Å². The first-order chi connectivity index (χ1) is 13.0. The number of para-hydroxylation sites is 1. The highest BCUT2D eigenvalue weighted by molar-refractivity contribution is 5.87. The van der Waals surface area contributed by atoms with Gasteiger partial charge in [0.25, 0.3) is 0 Å². The first-order valence-electron chi connectivity index (χ1n) is 8.69. The number of aryl methyl sites for hydroxylation is 1. The summed E-state index contributed by atoms with van der Waals surface area (Å²) in [6, 6.07) is 8.68. The molecule has 27 heavy (non-hydrogen) atoms. The van der Waals surface area contributed by atoms with Gasteiger partial charge in [0.15, 0.2) is 5.75 Å². The van der Waals surface area contributed by atoms with Crippen LogP contribution in [0.5, 0.6) is 11.5 Å². The Hall–Kier alpha value is -2.68. The van der Waals surface area contributed by atoms with Gasteiger partial charge >= 0.3 is 5.97 Å². The molecule has 8 nitrogen and oxygen atoms in total. The Morgan fingerprint density at radius 3 is 2.30 bits per heavy atom. The molecule has 1 aromatic carbocycles. The van der Waals surface area contributed by atoms with Crippen LogP contribution in [-0.4, -0.2) is 63.6 Å². The van der Waals surface area contributed by atoms with Crippen molar-refractivity contribution in [3.05, 3.63) is 58.5 Å². The van der Waals surface area contributed by atoms with Gasteiger partial charge in [-0.15, -0.1) is 0 Å². The summed E-state index contributed by atoms with van der Waals surface area (Å²) in [5, 5.41) is 27.4. The summed E-state index contributed by atoms with van der Waals surface area (Å²) in [5.41, 5.74) is -1.03. The molecule has 2 aromatic rings. The van der Waals surface area contributed by atoms with Crippen molar-refractivity contribution in [3.8, 4) is 11.5 Å². The lowest BCUT2D eigenvalue weighted by molar-refractivity contribution is 0.0693. The van der Waals surface area contributed by atoms with Crippen molar-refractivity contribution < 1.29 is 24.9 Å². The zero-order valence-electron chi connectivity index (χ0n) is 15.0. The van der Waals surface area contributed by atoms with Crippen LogP contribution < -0.4 is 10.2 Å². The number of carbonyl (C=O) groups is 1. The van der Waals surface area contributed by atoms with Crippen molar-refractivity contribution in [2.24, 2.45) is 0 Å². The van der Waals surface area contributed by atoms with E-state index in [1.165, 1.54) is 12.4 Å². The second-order valence-corrected chi connectivity index (χ2v) is 5.97. The number of carboxylic acids is 1. The second kappa shape index (κ2) is 10.5. The number of nitrogens with zero attached hydrogens (tertiary/aromatic N) is 2. The van der Waals surface area contributed by atoms with Gasteiger partial charge in [0.1, 0.15) is 11.3 Å². The maximum atomic E-state index is 12.3. The monoisotopic (exact) mass is 376 g/mol. The first-order valence-corrected chi connectivity index (χ1v) is 8.69. The third-order valence-electron chi connectivity index (χ3n) is 3.97. The van der Waals surface area contributed by atoms with Crippen molar-refractivity contribution in [3.63, 3.8) is 0 Å². The minimum absolute atomic E-state index is 0.00372. The zero-order chi connectivity index (χ0) is 19.6. The van der Waals surface area contributed by atoms with Gasteiger partial charge < -0.3 is 24.6 Å². The van der Waals surface area contributed by atoms with Crippen molar-refractivity contribution in [1.82, 2.24) is 9.47 Å². The van der Waals surface area contributed by atoms with E-state index in [1.54, 1.807) is 28.8 Å². The van der Waals surface area contributed by atoms with Crippen molar-refractivity contribution >= 4 is 5.97 Å². The zero-order valence-corrected chi connectivity index (χ0v) is 15.0. The molecule has 146 valence electrons. The SMILES string of the molecule is O=C(O)c1cn(CCCN(CCO)CCO)cc(Oc2ccccc2)c1=O. The average molecular weight is 376 g/mol. The predicted octanol–water partition coefficient (Wildman–Crippen LogP) is 1.02. The van der Waals surface area contributed by atoms with E-state index in [2.05, 4.69) is 0 Å². The standard InChI is InChI=1S/C19H24N2O6/c22-11-9-20(10-12-23)7-4-8-21-13-16(19(25)26)18(24)17(14-21)27-15-5-2-1-3-6-15/h1-3,5-6,13-14,22-23H,4,7-12H2,(H,25,26). The van der Waals surface area contributed by atoms with E-state index < -0.39 is 11.4 Å². The highest BCUT2D eigenvalue weighted by Crippen LogP contribution is 2.18. The van der Waals surface area contributed by atoms with Crippen LogP contribution >= 0.6 is 0 Å². The topological polar surface area (TPSA) is 112 Å². The Labute approximate surface area is 156 Å². The highest BCUT2D eigenvalue weighted by atomic mass is 16.5. The van der Waals surface area contributed by atoms with Crippen LogP contribution in [0.4, 0.5) is 0 Å². The summed E-state index contributed by atoms with van der Waals surface area (Å²) in [5.74, 6) is -0.918. The molecule has 0 saturated heterocycles. The number of aliphatic hydroxyl groups is 2. The second-order valence-electron chi connectivity index (χ2n) is 5.97. The lowest BCUT2D eigenvalue weighted by Gasteiger charge is -2.20. The Bertz CT molecular complexity index is 785. The van der Waals surface area contributed by atoms with Gasteiger partial charge in [0, 0.05) is 32.4 Å². The van der Waals surface area contributed by atoms with Gasteiger partial charge in [0.2, 0.25) is 5.43 Å². The number of aromatic nitrogens is 1. The van der Waals surface area contributed by atoms with E-state index in [0.717, 1.165) is 0 Å². The molecule has 0 saturated carbocycles. The normalized spacial score (nSPS) is 10.9. The number of ether oxygens (including phenoxy) is 1. The Morgan fingerprint density at radius 2 is 1.70 bits per heavy atom. The Kier molecular flexibility index (Phi) is 8.00. The fourth-order valence-electron chi connectivity index (χ4n) is 2.67. The molecule has 0 spiro atoms. The minimum atomic E-state index is -1.31. The molecule has 0 aliphatic carbocycles. The van der Waals surface area contributed by atoms with Gasteiger partial charge in [-0.05, 0) is 18.6 Å². The van der Waals surface area contributed by atoms with Crippen LogP contribution in [-0.2, 0) is 6.54 Å². The van der Waals surface area contributed by atoms with Gasteiger partial charge in [-0.25, -0.2) is 4.79 Å². The number of pyridine rings is 1. The summed E-state index contributed by atoms with van der Waals surface area (Å²) in [7, 11) is 0. The minimum Gasteiger partial charge on any atom is -0.477 e. The van der Waals surface area contributed by atoms with Crippen molar-refractivity contribution in [2.45, 2.75) is 13.0 Å². The van der Waals surface area contributed by atoms with Crippen LogP contribution in [0.15, 0.2) is 47.5 Å². The number of rotatable bonds is 11. The molecule has 0 radical (unpaired) electrons. The maximum Gasteiger partial charge on any atom is 0.341 e. The molecule has 0 unspecified atom stereocenters. The fraction of sp³-hybridized carbons (Fsp3) is 0.368. The molecule has 0 fully saturated rings. The summed E-state index contributed by atoms with van der Waals surface area (Å²) in [6.45, 7) is 1.97. The maximum absolute atomic E-state index is 12.3. The molecular formula is C19H24N2O6. The quantitative estimate of drug-likeness (QED) is 0.537. The molecule has 0 amide bonds. The third kappa shape index (κ3) is 6.21. The van der Waals surface area contributed by atoms with E-state index in [9.17, 15) is 14.7 Å². The molecule has 0 bridgehead atoms. The van der Waals surface area contributed by atoms with Crippen LogP contribution in [0, 0.1) is 0 Å². The number of aliphatic hydroxyl groups excluding tert-OH is 2. The molecular weight excluding hydrogens is 352 g/mol. The van der Waals surface area contributed by atoms with Crippen molar-refractivity contribution in [1.29, 1.82) is 0 Å². The molecule has 1 aromatic heterocycles. The number of benzene rings is 1. The Balaban J connectivity index is 2.16. The summed E-state index contributed by atoms with van der Waals surface area (Å²) in [6.07, 6.45) is 3.43. The van der Waals surface area contributed by atoms with Gasteiger partial charge in [-0.1, -0.05) is 18.2 Å². The number of aromatic carboxylic acids is 1. The lowest BCUT2D eigenvalue weighted by Crippen LogP contribution is -2.31. The number of hydrogen-bond donors (Lipinski definition) is 3. The largest absolute Gasteiger partial charge is 0.477 e. The number of hydrogen-bond acceptors (Lipinski definition) is 6. The predicted molar refractivity (Wildman–Crippen MR) is 99.4 cm³/mol. The van der Waals surface area contributed by atoms with E-state index in [4.69, 9.17) is 14.9 Å². The van der Waals surface area contributed by atoms with Crippen LogP contribution in [0.3, 0.4) is 0 Å². The smallest absolute Gasteiger partial charge is 0.341 e. The van der Waals surface area contributed by atoms with Gasteiger partial charge in [-0.2, -0.15) is 0 Å². The van der Waals surface area contributed by atoms with E-state index >= 15 is 0 Å². The highest BCUT2D eigenvalue weighted by Gasteiger charge is 2.15. The van der Waals surface area contributed by atoms with Crippen LogP contribution in [0.2, 0.25) is 0 Å². The molecule has 1 heterocycles. The first kappa shape index (κ1) is 20.6. The van der Waals surface area contributed by atoms with Gasteiger partial charge in [0.05, 0.1) is 19.4 Å². The molecule has 3 N–H and O–H groups in total. The third-order valence-corrected chi connectivity index (χ3v) is 3.97. The summed E-state index contributed by atoms with van der Waals surface area (Å²) in [4.78, 5) is 25.6. The molecule has 8 heteroatoms. The van der Waals surface area contributed by atoms with E-state index in [-0.39, 0.29) is 24.5 Å².